The van der Waals surface area contributed by atoms with Crippen molar-refractivity contribution in [1.29, 1.82) is 0 Å². The molecule has 1 aliphatic carbocycles. The molecule has 0 atom stereocenters. The van der Waals surface area contributed by atoms with E-state index in [4.69, 9.17) is 9.15 Å². The monoisotopic (exact) mass is 299 g/mol. The number of benzene rings is 1. The fourth-order valence-electron chi connectivity index (χ4n) is 1.75. The largest absolute Gasteiger partial charge is 0.482 e. The van der Waals surface area contributed by atoms with E-state index >= 15 is 0 Å². The van der Waals surface area contributed by atoms with E-state index in [1.807, 2.05) is 0 Å². The van der Waals surface area contributed by atoms with Crippen LogP contribution in [0.1, 0.15) is 24.7 Å². The molecule has 8 heteroatoms. The van der Waals surface area contributed by atoms with Crippen LogP contribution in [0.3, 0.4) is 0 Å². The highest BCUT2D eigenvalue weighted by atomic mass is 19.4. The SMILES string of the molecule is FC(F)(F)COc1ccccc1Nc1nnc(C2CC2)o1. The molecule has 0 saturated heterocycles. The minimum Gasteiger partial charge on any atom is -0.482 e. The molecule has 1 saturated carbocycles. The lowest BCUT2D eigenvalue weighted by molar-refractivity contribution is -0.153. The highest BCUT2D eigenvalue weighted by molar-refractivity contribution is 5.61. The van der Waals surface area contributed by atoms with Crippen LogP contribution in [0.15, 0.2) is 28.7 Å². The molecule has 5 nitrogen and oxygen atoms in total. The van der Waals surface area contributed by atoms with E-state index in [2.05, 4.69) is 15.5 Å². The molecule has 1 aromatic carbocycles. The first kappa shape index (κ1) is 13.7. The predicted octanol–water partition coefficient (Wildman–Crippen LogP) is 3.63. The second-order valence-corrected chi connectivity index (χ2v) is 4.74. The summed E-state index contributed by atoms with van der Waals surface area (Å²) in [4.78, 5) is 0. The molecule has 2 aromatic rings. The Balaban J connectivity index is 1.71. The number of nitrogens with one attached hydrogen (secondary N) is 1. The van der Waals surface area contributed by atoms with Gasteiger partial charge in [0.1, 0.15) is 5.75 Å². The molecule has 0 amide bonds. The van der Waals surface area contributed by atoms with Crippen molar-refractivity contribution in [2.45, 2.75) is 24.9 Å². The quantitative estimate of drug-likeness (QED) is 0.913. The zero-order chi connectivity index (χ0) is 14.9. The number of para-hydroxylation sites is 2. The third-order valence-electron chi connectivity index (χ3n) is 2.89. The number of hydrogen-bond acceptors (Lipinski definition) is 5. The summed E-state index contributed by atoms with van der Waals surface area (Å²) in [5.74, 6) is 0.928. The van der Waals surface area contributed by atoms with Crippen molar-refractivity contribution in [1.82, 2.24) is 10.2 Å². The van der Waals surface area contributed by atoms with Crippen molar-refractivity contribution in [3.05, 3.63) is 30.2 Å². The number of alkyl halides is 3. The maximum atomic E-state index is 12.2. The topological polar surface area (TPSA) is 60.2 Å². The second-order valence-electron chi connectivity index (χ2n) is 4.74. The number of ether oxygens (including phenoxy) is 1. The average molecular weight is 299 g/mol. The average Bonchev–Trinajstić information content (AvgIpc) is 3.18. The van der Waals surface area contributed by atoms with E-state index in [9.17, 15) is 13.2 Å². The van der Waals surface area contributed by atoms with Gasteiger partial charge in [0.25, 0.3) is 0 Å². The fourth-order valence-corrected chi connectivity index (χ4v) is 1.75. The van der Waals surface area contributed by atoms with Crippen molar-refractivity contribution < 1.29 is 22.3 Å². The summed E-state index contributed by atoms with van der Waals surface area (Å²) < 4.78 is 46.8. The van der Waals surface area contributed by atoms with Gasteiger partial charge in [-0.2, -0.15) is 13.2 Å². The van der Waals surface area contributed by atoms with Gasteiger partial charge in [-0.3, -0.25) is 0 Å². The number of nitrogens with zero attached hydrogens (tertiary/aromatic N) is 2. The van der Waals surface area contributed by atoms with Crippen LogP contribution in [0.4, 0.5) is 24.9 Å². The molecular weight excluding hydrogens is 287 g/mol. The number of halogens is 3. The second kappa shape index (κ2) is 5.27. The third kappa shape index (κ3) is 3.65. The molecule has 0 radical (unpaired) electrons. The summed E-state index contributed by atoms with van der Waals surface area (Å²) in [7, 11) is 0. The summed E-state index contributed by atoms with van der Waals surface area (Å²) >= 11 is 0. The van der Waals surface area contributed by atoms with Gasteiger partial charge in [0.15, 0.2) is 6.61 Å². The normalized spacial score (nSPS) is 15.0. The van der Waals surface area contributed by atoms with Crippen LogP contribution in [-0.4, -0.2) is 23.0 Å². The Morgan fingerprint density at radius 3 is 2.71 bits per heavy atom. The van der Waals surface area contributed by atoms with Crippen molar-refractivity contribution in [3.8, 4) is 5.75 Å². The van der Waals surface area contributed by atoms with Gasteiger partial charge in [-0.1, -0.05) is 17.2 Å². The van der Waals surface area contributed by atoms with Gasteiger partial charge in [-0.25, -0.2) is 0 Å². The molecule has 0 spiro atoms. The van der Waals surface area contributed by atoms with Gasteiger partial charge in [-0.15, -0.1) is 5.10 Å². The Kier molecular flexibility index (Phi) is 3.44. The molecule has 112 valence electrons. The Labute approximate surface area is 118 Å². The summed E-state index contributed by atoms with van der Waals surface area (Å²) in [6.45, 7) is -1.36. The Morgan fingerprint density at radius 1 is 1.24 bits per heavy atom. The highest BCUT2D eigenvalue weighted by Crippen LogP contribution is 2.40. The van der Waals surface area contributed by atoms with Gasteiger partial charge >= 0.3 is 12.2 Å². The summed E-state index contributed by atoms with van der Waals surface area (Å²) in [6, 6.07) is 6.40. The first-order valence-corrected chi connectivity index (χ1v) is 6.40. The van der Waals surface area contributed by atoms with Crippen LogP contribution in [0.5, 0.6) is 5.75 Å². The number of aromatic nitrogens is 2. The van der Waals surface area contributed by atoms with E-state index in [0.29, 0.717) is 17.5 Å². The smallest absolute Gasteiger partial charge is 0.422 e. The van der Waals surface area contributed by atoms with Gasteiger partial charge in [0.05, 0.1) is 5.69 Å². The summed E-state index contributed by atoms with van der Waals surface area (Å²) in [5, 5.41) is 10.5. The van der Waals surface area contributed by atoms with E-state index < -0.39 is 12.8 Å². The first-order valence-electron chi connectivity index (χ1n) is 6.40. The maximum Gasteiger partial charge on any atom is 0.422 e. The van der Waals surface area contributed by atoms with Crippen LogP contribution in [0.25, 0.3) is 0 Å². The number of rotatable bonds is 5. The first-order chi connectivity index (χ1) is 10.0. The van der Waals surface area contributed by atoms with Crippen LogP contribution in [0, 0.1) is 0 Å². The fraction of sp³-hybridized carbons (Fsp3) is 0.385. The summed E-state index contributed by atoms with van der Waals surface area (Å²) in [5.41, 5.74) is 0.341. The van der Waals surface area contributed by atoms with Crippen LogP contribution in [0.2, 0.25) is 0 Å². The van der Waals surface area contributed by atoms with E-state index in [0.717, 1.165) is 12.8 Å². The molecule has 3 rings (SSSR count). The lowest BCUT2D eigenvalue weighted by Gasteiger charge is -2.12. The summed E-state index contributed by atoms with van der Waals surface area (Å²) in [6.07, 6.45) is -2.35. The molecule has 1 fully saturated rings. The molecule has 1 heterocycles. The van der Waals surface area contributed by atoms with Crippen molar-refractivity contribution in [2.75, 3.05) is 11.9 Å². The van der Waals surface area contributed by atoms with Gasteiger partial charge < -0.3 is 14.5 Å². The maximum absolute atomic E-state index is 12.2. The molecule has 0 unspecified atom stereocenters. The molecule has 0 bridgehead atoms. The van der Waals surface area contributed by atoms with Crippen LogP contribution >= 0.6 is 0 Å². The standard InChI is InChI=1S/C13H12F3N3O2/c14-13(15,16)7-20-10-4-2-1-3-9(10)17-12-19-18-11(21-12)8-5-6-8/h1-4,8H,5-7H2,(H,17,19). The lowest BCUT2D eigenvalue weighted by Crippen LogP contribution is -2.19. The Morgan fingerprint density at radius 2 is 2.00 bits per heavy atom. The number of anilines is 2. The van der Waals surface area contributed by atoms with E-state index in [1.54, 1.807) is 18.2 Å². The minimum atomic E-state index is -4.39. The molecule has 1 aliphatic rings. The van der Waals surface area contributed by atoms with Gasteiger partial charge in [0.2, 0.25) is 5.89 Å². The highest BCUT2D eigenvalue weighted by Gasteiger charge is 2.30. The van der Waals surface area contributed by atoms with E-state index in [1.165, 1.54) is 6.07 Å². The van der Waals surface area contributed by atoms with Crippen molar-refractivity contribution >= 4 is 11.7 Å². The van der Waals surface area contributed by atoms with Crippen molar-refractivity contribution in [2.24, 2.45) is 0 Å². The molecule has 21 heavy (non-hydrogen) atoms. The van der Waals surface area contributed by atoms with Gasteiger partial charge in [-0.05, 0) is 25.0 Å². The molecule has 0 aliphatic heterocycles. The van der Waals surface area contributed by atoms with E-state index in [-0.39, 0.29) is 11.8 Å². The zero-order valence-corrected chi connectivity index (χ0v) is 10.9. The van der Waals surface area contributed by atoms with Crippen LogP contribution < -0.4 is 10.1 Å². The Bertz CT molecular complexity index is 623. The van der Waals surface area contributed by atoms with Crippen LogP contribution in [-0.2, 0) is 0 Å². The molecule has 1 aromatic heterocycles. The van der Waals surface area contributed by atoms with Crippen molar-refractivity contribution in [3.63, 3.8) is 0 Å². The molecule has 1 N–H and O–H groups in total. The Hall–Kier alpha value is -2.25. The third-order valence-corrected chi connectivity index (χ3v) is 2.89. The number of hydrogen-bond donors (Lipinski definition) is 1. The minimum absolute atomic E-state index is 0.0704. The molecular formula is C13H12F3N3O2. The zero-order valence-electron chi connectivity index (χ0n) is 10.9. The lowest BCUT2D eigenvalue weighted by atomic mass is 10.3. The predicted molar refractivity (Wildman–Crippen MR) is 67.5 cm³/mol. The van der Waals surface area contributed by atoms with Gasteiger partial charge in [0, 0.05) is 5.92 Å².